The van der Waals surface area contributed by atoms with E-state index in [9.17, 15) is 26.3 Å². The molecule has 1 atom stereocenters. The molecule has 0 bridgehead atoms. The first-order valence-corrected chi connectivity index (χ1v) is 13.1. The third-order valence-corrected chi connectivity index (χ3v) is 7.48. The number of hydrogen-bond donors (Lipinski definition) is 0. The highest BCUT2D eigenvalue weighted by molar-refractivity contribution is 6.30. The second kappa shape index (κ2) is 11.0. The molecule has 0 saturated carbocycles. The van der Waals surface area contributed by atoms with Crippen molar-refractivity contribution >= 4 is 11.6 Å². The van der Waals surface area contributed by atoms with Crippen LogP contribution in [0, 0.1) is 40.8 Å². The predicted molar refractivity (Wildman–Crippen MR) is 139 cm³/mol. The number of ether oxygens (including phenoxy) is 1. The van der Waals surface area contributed by atoms with Crippen LogP contribution in [-0.4, -0.2) is 0 Å². The van der Waals surface area contributed by atoms with Gasteiger partial charge in [-0.25, -0.2) is 26.3 Å². The van der Waals surface area contributed by atoms with Gasteiger partial charge >= 0.3 is 6.11 Å². The van der Waals surface area contributed by atoms with Crippen LogP contribution in [0.4, 0.5) is 35.1 Å². The molecule has 5 rings (SSSR count). The molecule has 0 fully saturated rings. The van der Waals surface area contributed by atoms with Gasteiger partial charge in [-0.2, -0.15) is 8.78 Å². The highest BCUT2D eigenvalue weighted by atomic mass is 35.5. The maximum absolute atomic E-state index is 15.2. The second-order valence-corrected chi connectivity index (χ2v) is 10.4. The Bertz CT molecular complexity index is 1580. The molecular weight excluding hydrogens is 576 g/mol. The fourth-order valence-electron chi connectivity index (χ4n) is 5.30. The first-order chi connectivity index (χ1) is 19.4. The largest absolute Gasteiger partial charge is 0.432 e. The van der Waals surface area contributed by atoms with Gasteiger partial charge in [0, 0.05) is 12.1 Å². The summed E-state index contributed by atoms with van der Waals surface area (Å²) in [5.74, 6) is -9.59. The van der Waals surface area contributed by atoms with E-state index in [0.29, 0.717) is 35.7 Å². The number of alkyl halides is 2. The molecule has 4 aromatic rings. The van der Waals surface area contributed by atoms with Crippen LogP contribution in [0.1, 0.15) is 36.5 Å². The van der Waals surface area contributed by atoms with Crippen LogP contribution in [0.2, 0.25) is 5.02 Å². The summed E-state index contributed by atoms with van der Waals surface area (Å²) in [5.41, 5.74) is -0.390. The average molecular weight is 597 g/mol. The fourth-order valence-corrected chi connectivity index (χ4v) is 5.41. The van der Waals surface area contributed by atoms with Crippen LogP contribution in [0.15, 0.2) is 54.6 Å². The molecule has 0 amide bonds. The van der Waals surface area contributed by atoms with Gasteiger partial charge in [-0.05, 0) is 70.8 Å². The highest BCUT2D eigenvalue weighted by Crippen LogP contribution is 2.40. The van der Waals surface area contributed by atoms with Gasteiger partial charge in [0.05, 0.1) is 5.56 Å². The predicted octanol–water partition coefficient (Wildman–Crippen LogP) is 10.2. The molecule has 10 heteroatoms. The Morgan fingerprint density at radius 3 is 1.85 bits per heavy atom. The normalized spacial score (nSPS) is 14.8. The molecule has 0 saturated heterocycles. The molecule has 1 nitrogen and oxygen atoms in total. The number of fused-ring (bicyclic) bond motifs is 1. The lowest BCUT2D eigenvalue weighted by Crippen LogP contribution is -2.25. The van der Waals surface area contributed by atoms with Gasteiger partial charge in [0.2, 0.25) is 0 Å². The maximum atomic E-state index is 15.2. The summed E-state index contributed by atoms with van der Waals surface area (Å²) in [4.78, 5) is 0. The molecule has 0 spiro atoms. The quantitative estimate of drug-likeness (QED) is 0.152. The van der Waals surface area contributed by atoms with Crippen LogP contribution >= 0.6 is 11.6 Å². The Morgan fingerprint density at radius 1 is 0.707 bits per heavy atom. The van der Waals surface area contributed by atoms with Crippen molar-refractivity contribution < 1.29 is 39.9 Å². The van der Waals surface area contributed by atoms with E-state index < -0.39 is 68.5 Å². The van der Waals surface area contributed by atoms with E-state index >= 15 is 8.78 Å². The van der Waals surface area contributed by atoms with Crippen LogP contribution in [0.3, 0.4) is 0 Å². The molecule has 214 valence electrons. The van der Waals surface area contributed by atoms with Crippen molar-refractivity contribution in [3.05, 3.63) is 111 Å². The third-order valence-electron chi connectivity index (χ3n) is 7.12. The summed E-state index contributed by atoms with van der Waals surface area (Å²) in [5, 5.41) is -0.991. The smallest absolute Gasteiger partial charge is 0.429 e. The van der Waals surface area contributed by atoms with Crippen LogP contribution in [0.25, 0.3) is 22.3 Å². The van der Waals surface area contributed by atoms with Crippen molar-refractivity contribution in [3.8, 4) is 28.0 Å². The van der Waals surface area contributed by atoms with Gasteiger partial charge in [-0.15, -0.1) is 0 Å². The SMILES string of the molecule is CCCC1Cc2ccc(-c3cc(F)c(-c4cc(F)c(C(F)(F)Oc5cc(F)c(Cl)c(F)c5)c(F)c4)c(F)c3)cc2C1. The first kappa shape index (κ1) is 28.9. The Morgan fingerprint density at radius 2 is 1.27 bits per heavy atom. The molecule has 0 heterocycles. The summed E-state index contributed by atoms with van der Waals surface area (Å²) in [7, 11) is 0. The maximum Gasteiger partial charge on any atom is 0.432 e. The van der Waals surface area contributed by atoms with E-state index in [0.717, 1.165) is 43.4 Å². The van der Waals surface area contributed by atoms with E-state index in [-0.39, 0.29) is 5.56 Å². The van der Waals surface area contributed by atoms with Crippen LogP contribution in [-0.2, 0) is 19.0 Å². The summed E-state index contributed by atoms with van der Waals surface area (Å²) >= 11 is 5.30. The molecule has 4 aromatic carbocycles. The minimum atomic E-state index is -4.76. The Balaban J connectivity index is 1.45. The van der Waals surface area contributed by atoms with Gasteiger partial charge in [-0.1, -0.05) is 49.6 Å². The number of benzene rings is 4. The van der Waals surface area contributed by atoms with Crippen molar-refractivity contribution in [2.24, 2.45) is 5.92 Å². The lowest BCUT2D eigenvalue weighted by molar-refractivity contribution is -0.189. The van der Waals surface area contributed by atoms with E-state index in [1.807, 2.05) is 12.1 Å². The van der Waals surface area contributed by atoms with Crippen LogP contribution in [0.5, 0.6) is 5.75 Å². The van der Waals surface area contributed by atoms with E-state index in [4.69, 9.17) is 11.6 Å². The third kappa shape index (κ3) is 5.64. The highest BCUT2D eigenvalue weighted by Gasteiger charge is 2.42. The lowest BCUT2D eigenvalue weighted by Gasteiger charge is -2.20. The zero-order valence-corrected chi connectivity index (χ0v) is 22.2. The fraction of sp³-hybridized carbons (Fsp3) is 0.226. The molecular formula is C31H21ClF8O. The number of halogens is 9. The summed E-state index contributed by atoms with van der Waals surface area (Å²) in [6.45, 7) is 2.11. The van der Waals surface area contributed by atoms with E-state index in [1.54, 1.807) is 6.07 Å². The summed E-state index contributed by atoms with van der Waals surface area (Å²) in [6.07, 6.45) is -0.830. The lowest BCUT2D eigenvalue weighted by atomic mass is 9.96. The average Bonchev–Trinajstić information content (AvgIpc) is 3.28. The van der Waals surface area contributed by atoms with Crippen molar-refractivity contribution in [2.45, 2.75) is 38.7 Å². The molecule has 0 radical (unpaired) electrons. The minimum absolute atomic E-state index is 0.199. The topological polar surface area (TPSA) is 9.23 Å². The summed E-state index contributed by atoms with van der Waals surface area (Å²) in [6, 6.07) is 8.80. The van der Waals surface area contributed by atoms with Gasteiger partial charge in [-0.3, -0.25) is 0 Å². The zero-order valence-electron chi connectivity index (χ0n) is 21.4. The first-order valence-electron chi connectivity index (χ1n) is 12.7. The van der Waals surface area contributed by atoms with Crippen LogP contribution < -0.4 is 4.74 Å². The van der Waals surface area contributed by atoms with Crippen molar-refractivity contribution in [3.63, 3.8) is 0 Å². The zero-order chi connectivity index (χ0) is 29.6. The molecule has 0 N–H and O–H groups in total. The van der Waals surface area contributed by atoms with Crippen molar-refractivity contribution in [2.75, 3.05) is 0 Å². The van der Waals surface area contributed by atoms with Crippen molar-refractivity contribution in [1.82, 2.24) is 0 Å². The molecule has 0 aliphatic heterocycles. The van der Waals surface area contributed by atoms with Crippen molar-refractivity contribution in [1.29, 1.82) is 0 Å². The Kier molecular flexibility index (Phi) is 7.76. The number of rotatable bonds is 7. The monoisotopic (exact) mass is 596 g/mol. The van der Waals surface area contributed by atoms with E-state index in [1.165, 1.54) is 5.56 Å². The molecule has 41 heavy (non-hydrogen) atoms. The number of hydrogen-bond acceptors (Lipinski definition) is 1. The van der Waals surface area contributed by atoms with Gasteiger partial charge in [0.1, 0.15) is 51.2 Å². The Labute approximate surface area is 235 Å². The van der Waals surface area contributed by atoms with Gasteiger partial charge in [0.15, 0.2) is 0 Å². The molecule has 0 aromatic heterocycles. The standard InChI is InChI=1S/C31H21ClF8O/c1-2-3-15-6-16-4-5-17(8-18(16)7-15)19-9-22(33)28(23(34)10-19)20-11-24(35)29(25(36)12-20)31(39,40)41-21-13-26(37)30(32)27(38)14-21/h4-5,8-15H,2-3,6-7H2,1H3. The molecule has 1 unspecified atom stereocenters. The van der Waals surface area contributed by atoms with E-state index in [2.05, 4.69) is 11.7 Å². The second-order valence-electron chi connectivity index (χ2n) is 10.00. The van der Waals surface area contributed by atoms with Gasteiger partial charge < -0.3 is 4.74 Å². The van der Waals surface area contributed by atoms with Gasteiger partial charge in [0.25, 0.3) is 0 Å². The Hall–Kier alpha value is -3.59. The molecule has 1 aliphatic rings. The minimum Gasteiger partial charge on any atom is -0.429 e. The summed E-state index contributed by atoms with van der Waals surface area (Å²) < 4.78 is 121. The molecule has 1 aliphatic carbocycles.